The van der Waals surface area contributed by atoms with E-state index in [9.17, 15) is 14.4 Å². The number of carbonyl (C=O) groups excluding carboxylic acids is 1. The van der Waals surface area contributed by atoms with Crippen LogP contribution in [-0.4, -0.2) is 69.0 Å². The first-order valence-corrected chi connectivity index (χ1v) is 12.2. The molecule has 36 heavy (non-hydrogen) atoms. The number of fused-ring (bicyclic) bond motifs is 1. The van der Waals surface area contributed by atoms with Crippen molar-refractivity contribution in [1.29, 1.82) is 0 Å². The Hall–Kier alpha value is -3.51. The first-order chi connectivity index (χ1) is 17.3. The van der Waals surface area contributed by atoms with Crippen molar-refractivity contribution in [3.63, 3.8) is 0 Å². The van der Waals surface area contributed by atoms with Crippen LogP contribution in [0.3, 0.4) is 0 Å². The first-order valence-electron chi connectivity index (χ1n) is 12.2. The summed E-state index contributed by atoms with van der Waals surface area (Å²) < 4.78 is 9.40. The maximum absolute atomic E-state index is 13.8. The van der Waals surface area contributed by atoms with E-state index in [1.165, 1.54) is 4.57 Å². The number of methoxy groups -OCH3 is 1. The molecule has 0 aliphatic carbocycles. The van der Waals surface area contributed by atoms with Gasteiger partial charge >= 0.3 is 5.69 Å². The summed E-state index contributed by atoms with van der Waals surface area (Å²) in [7, 11) is 3.13. The lowest BCUT2D eigenvalue weighted by Gasteiger charge is -2.33. The van der Waals surface area contributed by atoms with Gasteiger partial charge in [-0.05, 0) is 32.8 Å². The van der Waals surface area contributed by atoms with Crippen molar-refractivity contribution in [2.24, 2.45) is 12.8 Å². The highest BCUT2D eigenvalue weighted by Crippen LogP contribution is 2.32. The Bertz CT molecular complexity index is 1390. The van der Waals surface area contributed by atoms with Crippen LogP contribution < -0.4 is 27.2 Å². The Morgan fingerprint density at radius 3 is 2.72 bits per heavy atom. The van der Waals surface area contributed by atoms with Crippen molar-refractivity contribution in [1.82, 2.24) is 29.0 Å². The summed E-state index contributed by atoms with van der Waals surface area (Å²) >= 11 is 0. The summed E-state index contributed by atoms with van der Waals surface area (Å²) in [4.78, 5) is 51.4. The van der Waals surface area contributed by atoms with Crippen LogP contribution in [0.25, 0.3) is 11.0 Å². The fraction of sp³-hybridized carbons (Fsp3) is 0.542. The van der Waals surface area contributed by atoms with Gasteiger partial charge in [-0.25, -0.2) is 14.8 Å². The fourth-order valence-electron chi connectivity index (χ4n) is 4.89. The van der Waals surface area contributed by atoms with Crippen molar-refractivity contribution in [2.75, 3.05) is 38.3 Å². The van der Waals surface area contributed by atoms with Gasteiger partial charge in [-0.1, -0.05) is 0 Å². The highest BCUT2D eigenvalue weighted by Gasteiger charge is 2.32. The molecule has 0 spiro atoms. The molecule has 1 aliphatic heterocycles. The number of nitrogens with one attached hydrogen (secondary N) is 1. The molecular weight excluding hydrogens is 464 g/mol. The van der Waals surface area contributed by atoms with Crippen LogP contribution in [0.5, 0.6) is 0 Å². The summed E-state index contributed by atoms with van der Waals surface area (Å²) in [5, 5.41) is 2.87. The molecule has 12 nitrogen and oxygen atoms in total. The summed E-state index contributed by atoms with van der Waals surface area (Å²) in [5.41, 5.74) is 6.88. The molecule has 0 aromatic carbocycles. The van der Waals surface area contributed by atoms with Crippen LogP contribution in [0.15, 0.2) is 21.9 Å². The molecule has 194 valence electrons. The highest BCUT2D eigenvalue weighted by atomic mass is 16.5. The normalized spacial score (nSPS) is 16.0. The Labute approximate surface area is 208 Å². The quantitative estimate of drug-likeness (QED) is 0.413. The minimum absolute atomic E-state index is 0.0505. The third-order valence-electron chi connectivity index (χ3n) is 6.55. The minimum Gasteiger partial charge on any atom is -0.383 e. The number of rotatable bonds is 8. The van der Waals surface area contributed by atoms with E-state index in [1.54, 1.807) is 26.4 Å². The SMILES string of the molecule is CCn1c(N2CCC[C@@H](N)C2)c(C(=O)NCCOC)c2c1c(=O)n(Cc1nccc(C)n1)c(=O)n2C. The summed E-state index contributed by atoms with van der Waals surface area (Å²) in [5.74, 6) is 0.602. The van der Waals surface area contributed by atoms with Crippen molar-refractivity contribution in [3.05, 3.63) is 50.2 Å². The Morgan fingerprint density at radius 2 is 2.06 bits per heavy atom. The molecule has 3 aromatic heterocycles. The zero-order chi connectivity index (χ0) is 26.0. The van der Waals surface area contributed by atoms with E-state index in [-0.39, 0.29) is 18.5 Å². The van der Waals surface area contributed by atoms with Gasteiger partial charge in [0.1, 0.15) is 22.7 Å². The number of piperidine rings is 1. The predicted molar refractivity (Wildman–Crippen MR) is 137 cm³/mol. The second kappa shape index (κ2) is 10.6. The van der Waals surface area contributed by atoms with Crippen molar-refractivity contribution in [3.8, 4) is 0 Å². The molecule has 1 aliphatic rings. The number of nitrogens with zero attached hydrogens (tertiary/aromatic N) is 6. The zero-order valence-electron chi connectivity index (χ0n) is 21.3. The Kier molecular flexibility index (Phi) is 7.55. The summed E-state index contributed by atoms with van der Waals surface area (Å²) in [6.45, 7) is 5.97. The number of nitrogens with two attached hydrogens (primary N) is 1. The van der Waals surface area contributed by atoms with Gasteiger partial charge in [-0.2, -0.15) is 0 Å². The van der Waals surface area contributed by atoms with Crippen LogP contribution in [0, 0.1) is 6.92 Å². The number of aromatic nitrogens is 5. The van der Waals surface area contributed by atoms with E-state index < -0.39 is 11.2 Å². The Morgan fingerprint density at radius 1 is 1.28 bits per heavy atom. The monoisotopic (exact) mass is 498 g/mol. The topological polar surface area (TPSA) is 142 Å². The number of ether oxygens (including phenoxy) is 1. The van der Waals surface area contributed by atoms with Gasteiger partial charge in [0, 0.05) is 58.3 Å². The summed E-state index contributed by atoms with van der Waals surface area (Å²) in [6, 6.07) is 1.70. The largest absolute Gasteiger partial charge is 0.383 e. The first kappa shape index (κ1) is 25.6. The molecule has 1 amide bonds. The van der Waals surface area contributed by atoms with Crippen molar-refractivity contribution in [2.45, 2.75) is 45.8 Å². The van der Waals surface area contributed by atoms with E-state index in [0.29, 0.717) is 61.0 Å². The molecule has 0 bridgehead atoms. The highest BCUT2D eigenvalue weighted by molar-refractivity contribution is 6.11. The average Bonchev–Trinajstić information content (AvgIpc) is 3.21. The number of hydrogen-bond donors (Lipinski definition) is 2. The number of hydrogen-bond acceptors (Lipinski definition) is 8. The van der Waals surface area contributed by atoms with Gasteiger partial charge in [0.2, 0.25) is 0 Å². The number of anilines is 1. The lowest BCUT2D eigenvalue weighted by atomic mass is 10.1. The fourth-order valence-corrected chi connectivity index (χ4v) is 4.89. The van der Waals surface area contributed by atoms with Crippen LogP contribution in [0.4, 0.5) is 5.82 Å². The van der Waals surface area contributed by atoms with Gasteiger partial charge in [0.25, 0.3) is 11.5 Å². The van der Waals surface area contributed by atoms with Gasteiger partial charge in [-0.15, -0.1) is 0 Å². The number of aryl methyl sites for hydroxylation is 3. The second-order valence-electron chi connectivity index (χ2n) is 9.08. The van der Waals surface area contributed by atoms with E-state index >= 15 is 0 Å². The van der Waals surface area contributed by atoms with Crippen LogP contribution in [0.1, 0.15) is 41.6 Å². The Balaban J connectivity index is 1.99. The molecule has 4 heterocycles. The standard InChI is InChI=1S/C24H34N8O4/c1-5-31-20-19(29(3)24(35)32(23(20)34)14-17-26-9-8-15(2)28-17)18(21(33)27-10-12-36-4)22(31)30-11-6-7-16(25)13-30/h8-9,16H,5-7,10-14,25H2,1-4H3,(H,27,33)/t16-/m1/s1. The molecule has 0 saturated carbocycles. The van der Waals surface area contributed by atoms with Gasteiger partial charge in [-0.3, -0.25) is 18.7 Å². The van der Waals surface area contributed by atoms with Crippen LogP contribution in [0.2, 0.25) is 0 Å². The molecule has 1 atom stereocenters. The molecular formula is C24H34N8O4. The molecule has 0 radical (unpaired) electrons. The van der Waals surface area contributed by atoms with Crippen molar-refractivity contribution >= 4 is 22.8 Å². The van der Waals surface area contributed by atoms with Gasteiger partial charge in [0.15, 0.2) is 0 Å². The molecule has 4 rings (SSSR count). The van der Waals surface area contributed by atoms with Gasteiger partial charge in [0.05, 0.1) is 18.7 Å². The maximum atomic E-state index is 13.8. The lowest BCUT2D eigenvalue weighted by molar-refractivity contribution is 0.0938. The van der Waals surface area contributed by atoms with E-state index in [0.717, 1.165) is 23.1 Å². The zero-order valence-corrected chi connectivity index (χ0v) is 21.3. The average molecular weight is 499 g/mol. The smallest absolute Gasteiger partial charge is 0.331 e. The molecule has 1 fully saturated rings. The maximum Gasteiger partial charge on any atom is 0.331 e. The third kappa shape index (κ3) is 4.65. The van der Waals surface area contributed by atoms with Crippen LogP contribution >= 0.6 is 0 Å². The second-order valence-corrected chi connectivity index (χ2v) is 9.08. The predicted octanol–water partition coefficient (Wildman–Crippen LogP) is -0.0280. The van der Waals surface area contributed by atoms with E-state index in [2.05, 4.69) is 20.2 Å². The van der Waals surface area contributed by atoms with Gasteiger partial charge < -0.3 is 25.3 Å². The molecule has 3 N–H and O–H groups in total. The van der Waals surface area contributed by atoms with Crippen LogP contribution in [-0.2, 0) is 24.9 Å². The third-order valence-corrected chi connectivity index (χ3v) is 6.55. The van der Waals surface area contributed by atoms with E-state index in [1.807, 2.05) is 18.4 Å². The lowest BCUT2D eigenvalue weighted by Crippen LogP contribution is -2.44. The minimum atomic E-state index is -0.543. The van der Waals surface area contributed by atoms with Crippen molar-refractivity contribution < 1.29 is 9.53 Å². The molecule has 1 saturated heterocycles. The number of carbonyl (C=O) groups is 1. The molecule has 12 heteroatoms. The molecule has 0 unspecified atom stereocenters. The summed E-state index contributed by atoms with van der Waals surface area (Å²) in [6.07, 6.45) is 3.35. The molecule has 3 aromatic rings. The number of amides is 1. The van der Waals surface area contributed by atoms with E-state index in [4.69, 9.17) is 10.5 Å².